The second kappa shape index (κ2) is 5.86. The Balaban J connectivity index is 2.00. The van der Waals surface area contributed by atoms with Crippen LogP contribution in [0.1, 0.15) is 29.8 Å². The largest absolute Gasteiger partial charge is 0.460 e. The van der Waals surface area contributed by atoms with Gasteiger partial charge in [-0.3, -0.25) is 9.69 Å². The van der Waals surface area contributed by atoms with Crippen LogP contribution in [0.2, 0.25) is 0 Å². The molecule has 7 nitrogen and oxygen atoms in total. The van der Waals surface area contributed by atoms with Crippen molar-refractivity contribution in [3.63, 3.8) is 0 Å². The number of rotatable bonds is 4. The molecule has 3 N–H and O–H groups in total. The number of ether oxygens (including phenoxy) is 1. The van der Waals surface area contributed by atoms with Gasteiger partial charge in [0.25, 0.3) is 5.91 Å². The van der Waals surface area contributed by atoms with Crippen molar-refractivity contribution in [2.45, 2.75) is 26.3 Å². The first-order chi connectivity index (χ1) is 10.6. The summed E-state index contributed by atoms with van der Waals surface area (Å²) in [7, 11) is 0. The van der Waals surface area contributed by atoms with Crippen molar-refractivity contribution >= 4 is 23.6 Å². The first-order valence-electron chi connectivity index (χ1n) is 7.01. The fourth-order valence-electron chi connectivity index (χ4n) is 2.23. The Morgan fingerprint density at radius 2 is 2.04 bits per heavy atom. The zero-order valence-electron chi connectivity index (χ0n) is 13.1. The molecule has 1 heterocycles. The summed E-state index contributed by atoms with van der Waals surface area (Å²) in [4.78, 5) is 36.5. The summed E-state index contributed by atoms with van der Waals surface area (Å²) < 4.78 is 18.7. The van der Waals surface area contributed by atoms with E-state index in [0.717, 1.165) is 11.0 Å². The molecule has 0 spiro atoms. The van der Waals surface area contributed by atoms with E-state index in [4.69, 9.17) is 10.5 Å². The van der Waals surface area contributed by atoms with Crippen LogP contribution in [-0.2, 0) is 9.53 Å². The van der Waals surface area contributed by atoms with Crippen LogP contribution in [0, 0.1) is 12.7 Å². The minimum absolute atomic E-state index is 0.00567. The molecule has 0 bridgehead atoms. The average Bonchev–Trinajstić information content (AvgIpc) is 2.65. The van der Waals surface area contributed by atoms with Gasteiger partial charge in [0.2, 0.25) is 0 Å². The summed E-state index contributed by atoms with van der Waals surface area (Å²) in [5.41, 5.74) is 4.91. The molecule has 0 radical (unpaired) electrons. The Hall–Kier alpha value is -2.64. The van der Waals surface area contributed by atoms with E-state index < -0.39 is 29.3 Å². The number of urea groups is 1. The molecule has 0 aromatic heterocycles. The molecule has 1 fully saturated rings. The molecule has 1 aromatic rings. The molecule has 1 saturated heterocycles. The predicted molar refractivity (Wildman–Crippen MR) is 80.2 cm³/mol. The fraction of sp³-hybridized carbons (Fsp3) is 0.400. The third-order valence-electron chi connectivity index (χ3n) is 3.61. The molecule has 0 aliphatic carbocycles. The van der Waals surface area contributed by atoms with Gasteiger partial charge in [0.1, 0.15) is 23.5 Å². The van der Waals surface area contributed by atoms with Gasteiger partial charge in [-0.25, -0.2) is 14.0 Å². The molecular weight excluding hydrogens is 305 g/mol. The summed E-state index contributed by atoms with van der Waals surface area (Å²) in [6, 6.07) is 2.02. The molecule has 1 aliphatic rings. The Labute approximate surface area is 132 Å². The van der Waals surface area contributed by atoms with Crippen molar-refractivity contribution in [3.05, 3.63) is 29.1 Å². The van der Waals surface area contributed by atoms with Gasteiger partial charge in [-0.15, -0.1) is 0 Å². The number of hydrogen-bond donors (Lipinski definition) is 2. The predicted octanol–water partition coefficient (Wildman–Crippen LogP) is 1.20. The summed E-state index contributed by atoms with van der Waals surface area (Å²) in [6.07, 6.45) is 0. The minimum atomic E-state index is -0.992. The van der Waals surface area contributed by atoms with Crippen LogP contribution in [0.5, 0.6) is 0 Å². The van der Waals surface area contributed by atoms with Crippen LogP contribution in [0.4, 0.5) is 14.9 Å². The number of hydrogen-bond acceptors (Lipinski definition) is 5. The number of nitrogens with zero attached hydrogens (tertiary/aromatic N) is 1. The van der Waals surface area contributed by atoms with Gasteiger partial charge < -0.3 is 15.8 Å². The number of halogens is 1. The van der Waals surface area contributed by atoms with Crippen LogP contribution < -0.4 is 11.1 Å². The van der Waals surface area contributed by atoms with Crippen molar-refractivity contribution in [1.82, 2.24) is 10.2 Å². The maximum atomic E-state index is 13.7. The zero-order chi connectivity index (χ0) is 17.4. The summed E-state index contributed by atoms with van der Waals surface area (Å²) in [5.74, 6) is -2.14. The highest BCUT2D eigenvalue weighted by atomic mass is 19.1. The molecule has 0 unspecified atom stereocenters. The van der Waals surface area contributed by atoms with Crippen molar-refractivity contribution < 1.29 is 23.5 Å². The van der Waals surface area contributed by atoms with E-state index in [2.05, 4.69) is 5.32 Å². The molecule has 1 aromatic carbocycles. The molecule has 3 amide bonds. The minimum Gasteiger partial charge on any atom is -0.460 e. The Morgan fingerprint density at radius 3 is 2.61 bits per heavy atom. The lowest BCUT2D eigenvalue weighted by atomic mass is 10.1. The quantitative estimate of drug-likeness (QED) is 0.492. The zero-order valence-corrected chi connectivity index (χ0v) is 13.1. The van der Waals surface area contributed by atoms with Crippen LogP contribution in [0.25, 0.3) is 0 Å². The lowest BCUT2D eigenvalue weighted by Crippen LogP contribution is -2.40. The molecular formula is C15H18FN3O4. The van der Waals surface area contributed by atoms with Crippen LogP contribution in [0.3, 0.4) is 0 Å². The molecule has 1 aliphatic heterocycles. The number of esters is 1. The number of nitrogen functional groups attached to an aromatic ring is 1. The number of imide groups is 1. The van der Waals surface area contributed by atoms with E-state index in [1.54, 1.807) is 20.8 Å². The Morgan fingerprint density at radius 1 is 1.39 bits per heavy atom. The second-order valence-electron chi connectivity index (χ2n) is 5.80. The molecule has 0 saturated carbocycles. The lowest BCUT2D eigenvalue weighted by molar-refractivity contribution is -0.130. The molecule has 124 valence electrons. The van der Waals surface area contributed by atoms with Crippen molar-refractivity contribution in [3.8, 4) is 0 Å². The number of benzene rings is 1. The van der Waals surface area contributed by atoms with Crippen LogP contribution in [-0.4, -0.2) is 41.5 Å². The topological polar surface area (TPSA) is 102 Å². The van der Waals surface area contributed by atoms with Gasteiger partial charge in [-0.1, -0.05) is 6.07 Å². The maximum absolute atomic E-state index is 13.7. The molecule has 0 atom stereocenters. The number of carbonyl (C=O) groups excluding carboxylic acids is 3. The van der Waals surface area contributed by atoms with E-state index in [0.29, 0.717) is 5.56 Å². The number of aryl methyl sites for hydroxylation is 1. The summed E-state index contributed by atoms with van der Waals surface area (Å²) in [5, 5.41) is 2.51. The van der Waals surface area contributed by atoms with Crippen LogP contribution in [0.15, 0.2) is 12.1 Å². The number of anilines is 1. The van der Waals surface area contributed by atoms with Crippen molar-refractivity contribution in [1.29, 1.82) is 0 Å². The van der Waals surface area contributed by atoms with E-state index in [9.17, 15) is 18.8 Å². The highest BCUT2D eigenvalue weighted by Gasteiger charge is 2.44. The first-order valence-corrected chi connectivity index (χ1v) is 7.01. The SMILES string of the molecule is Cc1ccc(F)c(C(=O)OCCN2C(=O)NC(C)(C)C2=O)c1N. The van der Waals surface area contributed by atoms with Gasteiger partial charge in [-0.2, -0.15) is 0 Å². The number of nitrogens with one attached hydrogen (secondary N) is 1. The molecule has 2 rings (SSSR count). The maximum Gasteiger partial charge on any atom is 0.343 e. The number of carbonyl (C=O) groups is 3. The smallest absolute Gasteiger partial charge is 0.343 e. The van der Waals surface area contributed by atoms with E-state index in [1.165, 1.54) is 6.07 Å². The van der Waals surface area contributed by atoms with Crippen molar-refractivity contribution in [2.75, 3.05) is 18.9 Å². The number of nitrogens with two attached hydrogens (primary N) is 1. The van der Waals surface area contributed by atoms with E-state index in [1.807, 2.05) is 0 Å². The van der Waals surface area contributed by atoms with Gasteiger partial charge in [0, 0.05) is 0 Å². The van der Waals surface area contributed by atoms with E-state index in [-0.39, 0.29) is 24.4 Å². The van der Waals surface area contributed by atoms with Crippen LogP contribution >= 0.6 is 0 Å². The number of amides is 3. The van der Waals surface area contributed by atoms with Crippen molar-refractivity contribution in [2.24, 2.45) is 0 Å². The third-order valence-corrected chi connectivity index (χ3v) is 3.61. The summed E-state index contributed by atoms with van der Waals surface area (Å²) in [6.45, 7) is 4.42. The average molecular weight is 323 g/mol. The fourth-order valence-corrected chi connectivity index (χ4v) is 2.23. The van der Waals surface area contributed by atoms with Gasteiger partial charge >= 0.3 is 12.0 Å². The highest BCUT2D eigenvalue weighted by molar-refractivity contribution is 6.06. The second-order valence-corrected chi connectivity index (χ2v) is 5.80. The lowest BCUT2D eigenvalue weighted by Gasteiger charge is -2.16. The van der Waals surface area contributed by atoms with Gasteiger partial charge in [0.05, 0.1) is 12.2 Å². The molecule has 23 heavy (non-hydrogen) atoms. The Kier molecular flexibility index (Phi) is 4.26. The highest BCUT2D eigenvalue weighted by Crippen LogP contribution is 2.21. The monoisotopic (exact) mass is 323 g/mol. The third kappa shape index (κ3) is 3.10. The normalized spacial score (nSPS) is 16.4. The summed E-state index contributed by atoms with van der Waals surface area (Å²) >= 11 is 0. The standard InChI is InChI=1S/C15H18FN3O4/c1-8-4-5-9(16)10(11(8)17)12(20)23-7-6-19-13(21)15(2,3)18-14(19)22/h4-5H,6-7,17H2,1-3H3,(H,18,22). The van der Waals surface area contributed by atoms with E-state index >= 15 is 0 Å². The van der Waals surface area contributed by atoms with Gasteiger partial charge in [-0.05, 0) is 32.4 Å². The first kappa shape index (κ1) is 16.7. The van der Waals surface area contributed by atoms with Gasteiger partial charge in [0.15, 0.2) is 0 Å². The molecule has 8 heteroatoms. The Bertz CT molecular complexity index is 688.